The molecule has 1 aromatic rings. The summed E-state index contributed by atoms with van der Waals surface area (Å²) in [5, 5.41) is 14.2. The molecule has 0 aromatic carbocycles. The number of hydrogen-bond donors (Lipinski definition) is 3. The SMILES string of the molecule is CNC(=O)CCNc1ncc(C(=O)O)cc1Cl. The number of halogens is 1. The minimum atomic E-state index is -1.09. The first-order valence-corrected chi connectivity index (χ1v) is 5.25. The number of anilines is 1. The number of carboxylic acids is 1. The fourth-order valence-corrected chi connectivity index (χ4v) is 1.34. The minimum absolute atomic E-state index is 0.0202. The van der Waals surface area contributed by atoms with E-state index in [1.54, 1.807) is 7.05 Å². The lowest BCUT2D eigenvalue weighted by Crippen LogP contribution is -2.21. The maximum absolute atomic E-state index is 10.9. The molecule has 0 aliphatic heterocycles. The van der Waals surface area contributed by atoms with E-state index in [4.69, 9.17) is 16.7 Å². The Bertz CT molecular complexity index is 437. The summed E-state index contributed by atoms with van der Waals surface area (Å²) < 4.78 is 0. The Labute approximate surface area is 103 Å². The van der Waals surface area contributed by atoms with Crippen molar-refractivity contribution in [1.29, 1.82) is 0 Å². The number of aromatic nitrogens is 1. The van der Waals surface area contributed by atoms with Crippen molar-refractivity contribution >= 4 is 29.3 Å². The number of aromatic carboxylic acids is 1. The van der Waals surface area contributed by atoms with Crippen molar-refractivity contribution in [3.8, 4) is 0 Å². The minimum Gasteiger partial charge on any atom is -0.478 e. The smallest absolute Gasteiger partial charge is 0.337 e. The highest BCUT2D eigenvalue weighted by Crippen LogP contribution is 2.19. The van der Waals surface area contributed by atoms with Crippen LogP contribution < -0.4 is 10.6 Å². The Morgan fingerprint density at radius 3 is 2.76 bits per heavy atom. The lowest BCUT2D eigenvalue weighted by atomic mass is 10.3. The van der Waals surface area contributed by atoms with Gasteiger partial charge in [0.15, 0.2) is 0 Å². The number of rotatable bonds is 5. The Kier molecular flexibility index (Phi) is 4.71. The molecule has 0 saturated heterocycles. The molecule has 0 aliphatic carbocycles. The Balaban J connectivity index is 2.60. The van der Waals surface area contributed by atoms with Gasteiger partial charge in [-0.15, -0.1) is 0 Å². The van der Waals surface area contributed by atoms with Gasteiger partial charge in [-0.2, -0.15) is 0 Å². The first-order valence-electron chi connectivity index (χ1n) is 4.88. The van der Waals surface area contributed by atoms with E-state index in [0.29, 0.717) is 12.4 Å². The van der Waals surface area contributed by atoms with Crippen LogP contribution in [0.1, 0.15) is 16.8 Å². The second-order valence-corrected chi connectivity index (χ2v) is 3.62. The van der Waals surface area contributed by atoms with E-state index >= 15 is 0 Å². The normalized spacial score (nSPS) is 9.76. The Morgan fingerprint density at radius 1 is 1.53 bits per heavy atom. The topological polar surface area (TPSA) is 91.3 Å². The number of pyridine rings is 1. The molecule has 1 heterocycles. The average molecular weight is 258 g/mol. The van der Waals surface area contributed by atoms with Gasteiger partial charge in [0.25, 0.3) is 0 Å². The molecule has 0 saturated carbocycles. The van der Waals surface area contributed by atoms with Crippen LogP contribution in [0.25, 0.3) is 0 Å². The molecule has 3 N–H and O–H groups in total. The number of amides is 1. The van der Waals surface area contributed by atoms with E-state index in [0.717, 1.165) is 0 Å². The van der Waals surface area contributed by atoms with Gasteiger partial charge in [0.05, 0.1) is 10.6 Å². The summed E-state index contributed by atoms with van der Waals surface area (Å²) in [5.74, 6) is -0.826. The lowest BCUT2D eigenvalue weighted by molar-refractivity contribution is -0.120. The molecule has 0 spiro atoms. The number of carbonyl (C=O) groups excluding carboxylic acids is 1. The van der Waals surface area contributed by atoms with Crippen LogP contribution in [0.15, 0.2) is 12.3 Å². The fraction of sp³-hybridized carbons (Fsp3) is 0.300. The average Bonchev–Trinajstić information content (AvgIpc) is 2.30. The Morgan fingerprint density at radius 2 is 2.24 bits per heavy atom. The fourth-order valence-electron chi connectivity index (χ4n) is 1.10. The molecule has 0 bridgehead atoms. The molecule has 1 amide bonds. The standard InChI is InChI=1S/C10H12ClN3O3/c1-12-8(15)2-3-13-9-7(11)4-6(5-14-9)10(16)17/h4-5H,2-3H2,1H3,(H,12,15)(H,13,14)(H,16,17). The van der Waals surface area contributed by atoms with Crippen molar-refractivity contribution in [2.75, 3.05) is 18.9 Å². The quantitative estimate of drug-likeness (QED) is 0.731. The van der Waals surface area contributed by atoms with Gasteiger partial charge in [-0.3, -0.25) is 4.79 Å². The van der Waals surface area contributed by atoms with E-state index in [2.05, 4.69) is 15.6 Å². The maximum Gasteiger partial charge on any atom is 0.337 e. The molecular formula is C10H12ClN3O3. The first-order chi connectivity index (χ1) is 8.04. The van der Waals surface area contributed by atoms with E-state index in [1.807, 2.05) is 0 Å². The zero-order valence-corrected chi connectivity index (χ0v) is 9.91. The highest BCUT2D eigenvalue weighted by molar-refractivity contribution is 6.33. The third-order valence-electron chi connectivity index (χ3n) is 2.01. The van der Waals surface area contributed by atoms with Gasteiger partial charge < -0.3 is 15.7 Å². The van der Waals surface area contributed by atoms with Gasteiger partial charge in [0.2, 0.25) is 5.91 Å². The van der Waals surface area contributed by atoms with Crippen molar-refractivity contribution in [2.45, 2.75) is 6.42 Å². The molecule has 1 rings (SSSR count). The molecule has 0 aliphatic rings. The van der Waals surface area contributed by atoms with Gasteiger partial charge in [-0.25, -0.2) is 9.78 Å². The second kappa shape index (κ2) is 6.05. The van der Waals surface area contributed by atoms with Crippen LogP contribution in [0.5, 0.6) is 0 Å². The number of hydrogen-bond acceptors (Lipinski definition) is 4. The van der Waals surface area contributed by atoms with E-state index in [1.165, 1.54) is 12.3 Å². The van der Waals surface area contributed by atoms with Crippen LogP contribution in [-0.4, -0.2) is 35.6 Å². The predicted octanol–water partition coefficient (Wildman–Crippen LogP) is 0.981. The van der Waals surface area contributed by atoms with Crippen molar-refractivity contribution in [2.24, 2.45) is 0 Å². The van der Waals surface area contributed by atoms with Gasteiger partial charge in [0, 0.05) is 26.2 Å². The highest BCUT2D eigenvalue weighted by Gasteiger charge is 2.08. The number of nitrogens with one attached hydrogen (secondary N) is 2. The molecule has 7 heteroatoms. The molecule has 6 nitrogen and oxygen atoms in total. The summed E-state index contributed by atoms with van der Waals surface area (Å²) in [6, 6.07) is 1.30. The lowest BCUT2D eigenvalue weighted by Gasteiger charge is -2.07. The van der Waals surface area contributed by atoms with E-state index < -0.39 is 5.97 Å². The molecule has 0 atom stereocenters. The molecule has 0 unspecified atom stereocenters. The summed E-state index contributed by atoms with van der Waals surface area (Å²) in [5.41, 5.74) is 0.0202. The van der Waals surface area contributed by atoms with Crippen LogP contribution >= 0.6 is 11.6 Å². The summed E-state index contributed by atoms with van der Waals surface area (Å²) in [6.45, 7) is 0.374. The highest BCUT2D eigenvalue weighted by atomic mass is 35.5. The molecular weight excluding hydrogens is 246 g/mol. The van der Waals surface area contributed by atoms with Gasteiger partial charge in [-0.1, -0.05) is 11.6 Å². The third kappa shape index (κ3) is 3.92. The van der Waals surface area contributed by atoms with Gasteiger partial charge in [0.1, 0.15) is 5.82 Å². The first kappa shape index (κ1) is 13.2. The zero-order valence-electron chi connectivity index (χ0n) is 9.16. The summed E-state index contributed by atoms with van der Waals surface area (Å²) in [4.78, 5) is 25.4. The maximum atomic E-state index is 10.9. The summed E-state index contributed by atoms with van der Waals surface area (Å²) in [6.07, 6.45) is 1.49. The van der Waals surface area contributed by atoms with Crippen molar-refractivity contribution in [3.63, 3.8) is 0 Å². The van der Waals surface area contributed by atoms with Crippen molar-refractivity contribution < 1.29 is 14.7 Å². The number of carboxylic acid groups (broad SMARTS) is 1. The molecule has 17 heavy (non-hydrogen) atoms. The Hall–Kier alpha value is -1.82. The monoisotopic (exact) mass is 257 g/mol. The number of nitrogens with zero attached hydrogens (tertiary/aromatic N) is 1. The van der Waals surface area contributed by atoms with Gasteiger partial charge in [-0.05, 0) is 6.07 Å². The third-order valence-corrected chi connectivity index (χ3v) is 2.30. The zero-order chi connectivity index (χ0) is 12.8. The van der Waals surface area contributed by atoms with Crippen molar-refractivity contribution in [3.05, 3.63) is 22.8 Å². The van der Waals surface area contributed by atoms with Crippen molar-refractivity contribution in [1.82, 2.24) is 10.3 Å². The molecule has 0 fully saturated rings. The van der Waals surface area contributed by atoms with E-state index in [9.17, 15) is 9.59 Å². The number of carbonyl (C=O) groups is 2. The van der Waals surface area contributed by atoms with Crippen LogP contribution in [-0.2, 0) is 4.79 Å². The molecule has 92 valence electrons. The molecule has 1 aromatic heterocycles. The summed E-state index contributed by atoms with van der Waals surface area (Å²) in [7, 11) is 1.55. The second-order valence-electron chi connectivity index (χ2n) is 3.21. The van der Waals surface area contributed by atoms with Crippen LogP contribution in [0, 0.1) is 0 Å². The van der Waals surface area contributed by atoms with Gasteiger partial charge >= 0.3 is 5.97 Å². The van der Waals surface area contributed by atoms with Crippen LogP contribution in [0.4, 0.5) is 5.82 Å². The van der Waals surface area contributed by atoms with Crippen LogP contribution in [0.2, 0.25) is 5.02 Å². The largest absolute Gasteiger partial charge is 0.478 e. The predicted molar refractivity (Wildman–Crippen MR) is 63.4 cm³/mol. The molecule has 0 radical (unpaired) electrons. The van der Waals surface area contributed by atoms with Crippen LogP contribution in [0.3, 0.4) is 0 Å². The summed E-state index contributed by atoms with van der Waals surface area (Å²) >= 11 is 5.83. The van der Waals surface area contributed by atoms with E-state index in [-0.39, 0.29) is 22.9 Å².